The number of carbonyl (C=O) groups is 2. The highest BCUT2D eigenvalue weighted by atomic mass is 19.1. The first kappa shape index (κ1) is 20.6. The largest absolute Gasteiger partial charge is 0.450 e. The molecule has 0 aromatic heterocycles. The van der Waals surface area contributed by atoms with Crippen LogP contribution in [0.1, 0.15) is 44.6 Å². The third-order valence-electron chi connectivity index (χ3n) is 5.65. The third-order valence-corrected chi connectivity index (χ3v) is 5.65. The molecule has 2 saturated heterocycles. The van der Waals surface area contributed by atoms with Gasteiger partial charge in [-0.05, 0) is 56.8 Å². The molecule has 0 aliphatic carbocycles. The van der Waals surface area contributed by atoms with Gasteiger partial charge in [0, 0.05) is 38.1 Å². The SMILES string of the molecule is CCOC(=O)N1CCC(N2C(=O)CC[C@@H]2CCNCc2ccc(F)cc2)CC1. The molecule has 28 heavy (non-hydrogen) atoms. The van der Waals surface area contributed by atoms with E-state index in [0.717, 1.165) is 37.8 Å². The summed E-state index contributed by atoms with van der Waals surface area (Å²) < 4.78 is 18.0. The van der Waals surface area contributed by atoms with Gasteiger partial charge in [-0.3, -0.25) is 4.79 Å². The van der Waals surface area contributed by atoms with E-state index < -0.39 is 0 Å². The number of nitrogens with one attached hydrogen (secondary N) is 1. The minimum Gasteiger partial charge on any atom is -0.450 e. The van der Waals surface area contributed by atoms with Gasteiger partial charge in [0.25, 0.3) is 0 Å². The molecular weight excluding hydrogens is 361 g/mol. The van der Waals surface area contributed by atoms with Crippen molar-refractivity contribution in [3.63, 3.8) is 0 Å². The van der Waals surface area contributed by atoms with Crippen LogP contribution in [0.5, 0.6) is 0 Å². The number of likely N-dealkylation sites (tertiary alicyclic amines) is 2. The lowest BCUT2D eigenvalue weighted by molar-refractivity contribution is -0.132. The lowest BCUT2D eigenvalue weighted by Crippen LogP contribution is -2.50. The Morgan fingerprint density at radius 1 is 1.21 bits per heavy atom. The normalized spacial score (nSPS) is 20.6. The molecule has 154 valence electrons. The van der Waals surface area contributed by atoms with Crippen LogP contribution in [0.15, 0.2) is 24.3 Å². The number of piperidine rings is 1. The van der Waals surface area contributed by atoms with Crippen LogP contribution in [0.2, 0.25) is 0 Å². The monoisotopic (exact) mass is 391 g/mol. The predicted octanol–water partition coefficient (Wildman–Crippen LogP) is 2.92. The zero-order chi connectivity index (χ0) is 19.9. The molecule has 1 N–H and O–H groups in total. The summed E-state index contributed by atoms with van der Waals surface area (Å²) >= 11 is 0. The van der Waals surface area contributed by atoms with E-state index in [1.807, 2.05) is 6.92 Å². The van der Waals surface area contributed by atoms with Crippen LogP contribution >= 0.6 is 0 Å². The predicted molar refractivity (Wildman–Crippen MR) is 104 cm³/mol. The van der Waals surface area contributed by atoms with Crippen molar-refractivity contribution in [2.45, 2.75) is 57.7 Å². The first-order valence-electron chi connectivity index (χ1n) is 10.3. The molecule has 2 fully saturated rings. The van der Waals surface area contributed by atoms with Crippen molar-refractivity contribution in [2.75, 3.05) is 26.2 Å². The summed E-state index contributed by atoms with van der Waals surface area (Å²) in [7, 11) is 0. The second-order valence-electron chi connectivity index (χ2n) is 7.50. The second kappa shape index (κ2) is 9.87. The number of amides is 2. The Morgan fingerprint density at radius 3 is 2.61 bits per heavy atom. The van der Waals surface area contributed by atoms with Crippen LogP contribution in [-0.2, 0) is 16.1 Å². The van der Waals surface area contributed by atoms with Crippen LogP contribution in [0.4, 0.5) is 9.18 Å². The highest BCUT2D eigenvalue weighted by molar-refractivity contribution is 5.79. The number of halogens is 1. The average molecular weight is 391 g/mol. The Hall–Kier alpha value is -2.15. The standard InChI is InChI=1S/C21H30FN3O3/c1-2-28-21(27)24-13-10-19(11-14-24)25-18(7-8-20(25)26)9-12-23-15-16-3-5-17(22)6-4-16/h3-6,18-19,23H,2,7-15H2,1H3/t18-/m1/s1. The minimum atomic E-state index is -0.254. The van der Waals surface area contributed by atoms with Crippen LogP contribution in [0, 0.1) is 5.82 Å². The summed E-state index contributed by atoms with van der Waals surface area (Å²) in [6, 6.07) is 6.97. The van der Waals surface area contributed by atoms with Gasteiger partial charge in [-0.15, -0.1) is 0 Å². The third kappa shape index (κ3) is 5.22. The fourth-order valence-electron chi connectivity index (χ4n) is 4.19. The van der Waals surface area contributed by atoms with Crippen molar-refractivity contribution in [3.05, 3.63) is 35.6 Å². The Bertz CT molecular complexity index is 659. The fourth-order valence-corrected chi connectivity index (χ4v) is 4.19. The van der Waals surface area contributed by atoms with Gasteiger partial charge in [-0.1, -0.05) is 12.1 Å². The quantitative estimate of drug-likeness (QED) is 0.726. The van der Waals surface area contributed by atoms with E-state index in [0.29, 0.717) is 32.7 Å². The summed E-state index contributed by atoms with van der Waals surface area (Å²) in [4.78, 5) is 28.1. The summed E-state index contributed by atoms with van der Waals surface area (Å²) in [6.07, 6.45) is 3.78. The first-order valence-corrected chi connectivity index (χ1v) is 10.3. The summed E-state index contributed by atoms with van der Waals surface area (Å²) in [6.45, 7) is 4.98. The molecule has 3 rings (SSSR count). The van der Waals surface area contributed by atoms with Crippen molar-refractivity contribution in [1.82, 2.24) is 15.1 Å². The van der Waals surface area contributed by atoms with Gasteiger partial charge in [-0.25, -0.2) is 9.18 Å². The lowest BCUT2D eigenvalue weighted by atomic mass is 10.0. The van der Waals surface area contributed by atoms with Crippen molar-refractivity contribution in [2.24, 2.45) is 0 Å². The van der Waals surface area contributed by atoms with Crippen molar-refractivity contribution in [3.8, 4) is 0 Å². The molecular formula is C21H30FN3O3. The van der Waals surface area contributed by atoms with Crippen LogP contribution in [0.25, 0.3) is 0 Å². The maximum Gasteiger partial charge on any atom is 0.409 e. The fraction of sp³-hybridized carbons (Fsp3) is 0.619. The molecule has 0 unspecified atom stereocenters. The molecule has 7 heteroatoms. The van der Waals surface area contributed by atoms with Crippen molar-refractivity contribution >= 4 is 12.0 Å². The Labute approximate surface area is 166 Å². The molecule has 0 bridgehead atoms. The van der Waals surface area contributed by atoms with E-state index in [1.165, 1.54) is 12.1 Å². The molecule has 0 saturated carbocycles. The van der Waals surface area contributed by atoms with Gasteiger partial charge in [0.05, 0.1) is 6.61 Å². The molecule has 0 spiro atoms. The van der Waals surface area contributed by atoms with E-state index in [1.54, 1.807) is 17.0 Å². The van der Waals surface area contributed by atoms with Gasteiger partial charge in [-0.2, -0.15) is 0 Å². The Morgan fingerprint density at radius 2 is 1.93 bits per heavy atom. The van der Waals surface area contributed by atoms with Crippen molar-refractivity contribution < 1.29 is 18.7 Å². The van der Waals surface area contributed by atoms with Crippen LogP contribution < -0.4 is 5.32 Å². The van der Waals surface area contributed by atoms with Crippen LogP contribution in [-0.4, -0.2) is 60.1 Å². The smallest absolute Gasteiger partial charge is 0.409 e. The van der Waals surface area contributed by atoms with E-state index >= 15 is 0 Å². The zero-order valence-electron chi connectivity index (χ0n) is 16.5. The first-order chi connectivity index (χ1) is 13.6. The molecule has 2 heterocycles. The number of ether oxygens (including phenoxy) is 1. The topological polar surface area (TPSA) is 61.9 Å². The molecule has 1 atom stereocenters. The molecule has 2 aliphatic rings. The zero-order valence-corrected chi connectivity index (χ0v) is 16.5. The van der Waals surface area contributed by atoms with E-state index in [-0.39, 0.29) is 29.9 Å². The number of hydrogen-bond acceptors (Lipinski definition) is 4. The molecule has 1 aromatic carbocycles. The Balaban J connectivity index is 1.44. The molecule has 1 aromatic rings. The highest BCUT2D eigenvalue weighted by Crippen LogP contribution is 2.28. The van der Waals surface area contributed by atoms with Gasteiger partial charge in [0.15, 0.2) is 0 Å². The summed E-state index contributed by atoms with van der Waals surface area (Å²) in [5.41, 5.74) is 1.05. The van der Waals surface area contributed by atoms with E-state index in [2.05, 4.69) is 10.2 Å². The maximum absolute atomic E-state index is 13.0. The number of rotatable bonds is 7. The number of carbonyl (C=O) groups excluding carboxylic acids is 2. The van der Waals surface area contributed by atoms with Gasteiger partial charge in [0.1, 0.15) is 5.82 Å². The summed E-state index contributed by atoms with van der Waals surface area (Å²) in [5, 5.41) is 3.39. The minimum absolute atomic E-state index is 0.211. The molecule has 2 amide bonds. The lowest BCUT2D eigenvalue weighted by Gasteiger charge is -2.39. The number of nitrogens with zero attached hydrogens (tertiary/aromatic N) is 2. The molecule has 2 aliphatic heterocycles. The highest BCUT2D eigenvalue weighted by Gasteiger charge is 2.37. The van der Waals surface area contributed by atoms with Crippen LogP contribution in [0.3, 0.4) is 0 Å². The van der Waals surface area contributed by atoms with E-state index in [4.69, 9.17) is 4.74 Å². The van der Waals surface area contributed by atoms with Gasteiger partial charge < -0.3 is 19.9 Å². The average Bonchev–Trinajstić information content (AvgIpc) is 3.07. The second-order valence-corrected chi connectivity index (χ2v) is 7.50. The van der Waals surface area contributed by atoms with Gasteiger partial charge in [0.2, 0.25) is 5.91 Å². The maximum atomic E-state index is 13.0. The number of benzene rings is 1. The molecule has 6 nitrogen and oxygen atoms in total. The number of hydrogen-bond donors (Lipinski definition) is 1. The summed E-state index contributed by atoms with van der Waals surface area (Å²) in [5.74, 6) is 0.0102. The van der Waals surface area contributed by atoms with E-state index in [9.17, 15) is 14.0 Å². The van der Waals surface area contributed by atoms with Crippen molar-refractivity contribution in [1.29, 1.82) is 0 Å². The van der Waals surface area contributed by atoms with Gasteiger partial charge >= 0.3 is 6.09 Å². The Kier molecular flexibility index (Phi) is 7.25. The molecule has 0 radical (unpaired) electrons.